The predicted octanol–water partition coefficient (Wildman–Crippen LogP) is 0.323. The molecule has 2 fully saturated rings. The van der Waals surface area contributed by atoms with E-state index >= 15 is 0 Å². The Hall–Kier alpha value is -2.17. The van der Waals surface area contributed by atoms with Crippen LogP contribution in [0.2, 0.25) is 0 Å². The standard InChI is InChI=1S/C17H23N5O2/c1-14-12-22(8-9-24-14)17(23)13-20-4-6-21(7-5-20)16-10-15(11-18)2-3-19-16/h2-3,10,14H,4-9,12-13H2,1H3/t14-/m1/s1. The van der Waals surface area contributed by atoms with E-state index in [0.717, 1.165) is 32.0 Å². The van der Waals surface area contributed by atoms with Crippen LogP contribution in [0.4, 0.5) is 5.82 Å². The van der Waals surface area contributed by atoms with Gasteiger partial charge >= 0.3 is 0 Å². The van der Waals surface area contributed by atoms with Crippen molar-refractivity contribution in [3.8, 4) is 6.07 Å². The van der Waals surface area contributed by atoms with Gasteiger partial charge in [0.25, 0.3) is 0 Å². The Morgan fingerprint density at radius 2 is 2.17 bits per heavy atom. The van der Waals surface area contributed by atoms with Crippen LogP contribution in [0.1, 0.15) is 12.5 Å². The summed E-state index contributed by atoms with van der Waals surface area (Å²) in [7, 11) is 0. The molecule has 7 nitrogen and oxygen atoms in total. The number of morpholine rings is 1. The molecule has 1 atom stereocenters. The third-order valence-corrected chi connectivity index (χ3v) is 4.52. The van der Waals surface area contributed by atoms with Crippen molar-refractivity contribution in [1.82, 2.24) is 14.8 Å². The van der Waals surface area contributed by atoms with Gasteiger partial charge in [0.2, 0.25) is 5.91 Å². The van der Waals surface area contributed by atoms with E-state index in [9.17, 15) is 4.79 Å². The average molecular weight is 329 g/mol. The molecule has 0 aliphatic carbocycles. The minimum Gasteiger partial charge on any atom is -0.375 e. The number of pyridine rings is 1. The Labute approximate surface area is 142 Å². The third kappa shape index (κ3) is 4.02. The highest BCUT2D eigenvalue weighted by molar-refractivity contribution is 5.78. The molecule has 0 unspecified atom stereocenters. The molecule has 0 bridgehead atoms. The summed E-state index contributed by atoms with van der Waals surface area (Å²) in [5.41, 5.74) is 0.624. The first-order valence-electron chi connectivity index (χ1n) is 8.38. The van der Waals surface area contributed by atoms with Gasteiger partial charge in [-0.25, -0.2) is 4.98 Å². The molecule has 1 aromatic heterocycles. The van der Waals surface area contributed by atoms with Gasteiger partial charge in [0.1, 0.15) is 5.82 Å². The zero-order valence-corrected chi connectivity index (χ0v) is 14.0. The van der Waals surface area contributed by atoms with Crippen LogP contribution in [0.5, 0.6) is 0 Å². The highest BCUT2D eigenvalue weighted by atomic mass is 16.5. The SMILES string of the molecule is C[C@@H]1CN(C(=O)CN2CCN(c3cc(C#N)ccn3)CC2)CCO1. The first-order chi connectivity index (χ1) is 11.7. The Morgan fingerprint density at radius 3 is 2.88 bits per heavy atom. The molecule has 1 amide bonds. The van der Waals surface area contributed by atoms with E-state index in [0.29, 0.717) is 31.8 Å². The van der Waals surface area contributed by atoms with Crippen molar-refractivity contribution in [2.75, 3.05) is 57.3 Å². The smallest absolute Gasteiger partial charge is 0.236 e. The predicted molar refractivity (Wildman–Crippen MR) is 89.6 cm³/mol. The second-order valence-electron chi connectivity index (χ2n) is 6.30. The fraction of sp³-hybridized carbons (Fsp3) is 0.588. The average Bonchev–Trinajstić information content (AvgIpc) is 2.62. The van der Waals surface area contributed by atoms with E-state index in [-0.39, 0.29) is 12.0 Å². The van der Waals surface area contributed by atoms with E-state index < -0.39 is 0 Å². The lowest BCUT2D eigenvalue weighted by Gasteiger charge is -2.37. The number of piperazine rings is 1. The molecule has 0 spiro atoms. The van der Waals surface area contributed by atoms with Gasteiger partial charge in [0.15, 0.2) is 0 Å². The van der Waals surface area contributed by atoms with Gasteiger partial charge in [-0.2, -0.15) is 5.26 Å². The minimum absolute atomic E-state index is 0.123. The lowest BCUT2D eigenvalue weighted by molar-refractivity contribution is -0.139. The van der Waals surface area contributed by atoms with Gasteiger partial charge in [0, 0.05) is 45.5 Å². The lowest BCUT2D eigenvalue weighted by Crippen LogP contribution is -2.52. The minimum atomic E-state index is 0.123. The summed E-state index contributed by atoms with van der Waals surface area (Å²) in [6.45, 7) is 7.74. The van der Waals surface area contributed by atoms with Gasteiger partial charge in [-0.3, -0.25) is 9.69 Å². The largest absolute Gasteiger partial charge is 0.375 e. The molecular weight excluding hydrogens is 306 g/mol. The monoisotopic (exact) mass is 329 g/mol. The number of carbonyl (C=O) groups excluding carboxylic acids is 1. The van der Waals surface area contributed by atoms with Crippen LogP contribution in [0.3, 0.4) is 0 Å². The van der Waals surface area contributed by atoms with E-state index in [1.54, 1.807) is 12.3 Å². The molecule has 7 heteroatoms. The van der Waals surface area contributed by atoms with Crippen LogP contribution in [0.25, 0.3) is 0 Å². The third-order valence-electron chi connectivity index (χ3n) is 4.52. The second-order valence-corrected chi connectivity index (χ2v) is 6.30. The molecule has 2 aliphatic rings. The number of hydrogen-bond acceptors (Lipinski definition) is 6. The Balaban J connectivity index is 1.50. The molecule has 0 saturated carbocycles. The summed E-state index contributed by atoms with van der Waals surface area (Å²) in [6, 6.07) is 5.67. The number of anilines is 1. The molecule has 3 rings (SSSR count). The lowest BCUT2D eigenvalue weighted by atomic mass is 10.2. The van der Waals surface area contributed by atoms with Crippen LogP contribution < -0.4 is 4.90 Å². The Bertz CT molecular complexity index is 622. The van der Waals surface area contributed by atoms with Crippen molar-refractivity contribution >= 4 is 11.7 Å². The summed E-state index contributed by atoms with van der Waals surface area (Å²) in [4.78, 5) is 23.0. The number of amides is 1. The number of hydrogen-bond donors (Lipinski definition) is 0. The summed E-state index contributed by atoms with van der Waals surface area (Å²) >= 11 is 0. The molecule has 2 saturated heterocycles. The Kier molecular flexibility index (Phi) is 5.28. The Morgan fingerprint density at radius 1 is 1.38 bits per heavy atom. The van der Waals surface area contributed by atoms with Crippen LogP contribution in [0.15, 0.2) is 18.3 Å². The van der Waals surface area contributed by atoms with E-state index in [1.807, 2.05) is 17.9 Å². The van der Waals surface area contributed by atoms with Crippen LogP contribution in [0, 0.1) is 11.3 Å². The molecule has 1 aromatic rings. The first-order valence-corrected chi connectivity index (χ1v) is 8.38. The molecule has 2 aliphatic heterocycles. The molecular formula is C17H23N5O2. The van der Waals surface area contributed by atoms with Crippen molar-refractivity contribution in [2.45, 2.75) is 13.0 Å². The van der Waals surface area contributed by atoms with Crippen molar-refractivity contribution < 1.29 is 9.53 Å². The molecule has 0 aromatic carbocycles. The maximum absolute atomic E-state index is 12.4. The highest BCUT2D eigenvalue weighted by Crippen LogP contribution is 2.15. The zero-order chi connectivity index (χ0) is 16.9. The fourth-order valence-electron chi connectivity index (χ4n) is 3.13. The number of carbonyl (C=O) groups is 1. The maximum Gasteiger partial charge on any atom is 0.236 e. The summed E-state index contributed by atoms with van der Waals surface area (Å²) in [5, 5.41) is 8.99. The number of ether oxygens (including phenoxy) is 1. The van der Waals surface area contributed by atoms with Crippen LogP contribution >= 0.6 is 0 Å². The number of rotatable bonds is 3. The second kappa shape index (κ2) is 7.60. The van der Waals surface area contributed by atoms with E-state index in [1.165, 1.54) is 0 Å². The van der Waals surface area contributed by atoms with Gasteiger partial charge in [-0.1, -0.05) is 0 Å². The molecule has 3 heterocycles. The fourth-order valence-corrected chi connectivity index (χ4v) is 3.13. The molecule has 0 radical (unpaired) electrons. The topological polar surface area (TPSA) is 72.7 Å². The summed E-state index contributed by atoms with van der Waals surface area (Å²) in [6.07, 6.45) is 1.79. The molecule has 0 N–H and O–H groups in total. The maximum atomic E-state index is 12.4. The van der Waals surface area contributed by atoms with Crippen LogP contribution in [-0.4, -0.2) is 79.2 Å². The van der Waals surface area contributed by atoms with E-state index in [4.69, 9.17) is 10.00 Å². The van der Waals surface area contributed by atoms with Crippen molar-refractivity contribution in [2.24, 2.45) is 0 Å². The number of aromatic nitrogens is 1. The molecule has 24 heavy (non-hydrogen) atoms. The quantitative estimate of drug-likeness (QED) is 0.795. The van der Waals surface area contributed by atoms with Crippen LogP contribution in [-0.2, 0) is 9.53 Å². The number of nitriles is 1. The number of nitrogens with zero attached hydrogens (tertiary/aromatic N) is 5. The van der Waals surface area contributed by atoms with E-state index in [2.05, 4.69) is 20.9 Å². The zero-order valence-electron chi connectivity index (χ0n) is 14.0. The first kappa shape index (κ1) is 16.7. The van der Waals surface area contributed by atoms with Crippen molar-refractivity contribution in [3.05, 3.63) is 23.9 Å². The molecule has 128 valence electrons. The van der Waals surface area contributed by atoms with Gasteiger partial charge < -0.3 is 14.5 Å². The van der Waals surface area contributed by atoms with Gasteiger partial charge in [-0.15, -0.1) is 0 Å². The van der Waals surface area contributed by atoms with Gasteiger partial charge in [0.05, 0.1) is 30.9 Å². The summed E-state index contributed by atoms with van der Waals surface area (Å²) in [5.74, 6) is 1.02. The van der Waals surface area contributed by atoms with Gasteiger partial charge in [-0.05, 0) is 19.1 Å². The normalized spacial score (nSPS) is 22.2. The highest BCUT2D eigenvalue weighted by Gasteiger charge is 2.25. The summed E-state index contributed by atoms with van der Waals surface area (Å²) < 4.78 is 5.49. The van der Waals surface area contributed by atoms with Crippen molar-refractivity contribution in [1.29, 1.82) is 5.26 Å². The van der Waals surface area contributed by atoms with Crippen molar-refractivity contribution in [3.63, 3.8) is 0 Å².